The monoisotopic (exact) mass is 196 g/mol. The number of nitrogens with zero attached hydrogens (tertiary/aromatic N) is 2. The normalized spacial score (nSPS) is 11.7. The lowest BCUT2D eigenvalue weighted by Gasteiger charge is -2.10. The first-order valence-corrected chi connectivity index (χ1v) is 4.82. The van der Waals surface area contributed by atoms with Crippen molar-refractivity contribution in [3.63, 3.8) is 0 Å². The third-order valence-corrected chi connectivity index (χ3v) is 1.79. The van der Waals surface area contributed by atoms with Crippen LogP contribution < -0.4 is 0 Å². The van der Waals surface area contributed by atoms with Gasteiger partial charge in [0.2, 0.25) is 17.5 Å². The Balaban J connectivity index is 2.83. The summed E-state index contributed by atoms with van der Waals surface area (Å²) in [6, 6.07) is 0. The minimum atomic E-state index is -0.197. The van der Waals surface area contributed by atoms with Crippen LogP contribution in [0.15, 0.2) is 4.52 Å². The molecule has 0 bridgehead atoms. The van der Waals surface area contributed by atoms with E-state index in [2.05, 4.69) is 10.1 Å². The molecule has 0 atom stereocenters. The lowest BCUT2D eigenvalue weighted by molar-refractivity contribution is 0.0969. The maximum atomic E-state index is 11.4. The molecule has 0 aliphatic heterocycles. The van der Waals surface area contributed by atoms with Gasteiger partial charge in [-0.25, -0.2) is 0 Å². The number of hydrogen-bond acceptors (Lipinski definition) is 4. The molecule has 0 spiro atoms. The van der Waals surface area contributed by atoms with Gasteiger partial charge in [-0.3, -0.25) is 4.79 Å². The Hall–Kier alpha value is -1.19. The molecule has 0 unspecified atom stereocenters. The number of Topliss-reactive ketones (excluding diaryl/α,β-unsaturated/α-hetero) is 1. The van der Waals surface area contributed by atoms with Crippen molar-refractivity contribution in [2.45, 2.75) is 46.0 Å². The summed E-state index contributed by atoms with van der Waals surface area (Å²) in [6.07, 6.45) is 1.28. The standard InChI is InChI=1S/C10H16N2O2/c1-5-6-7(13)8-11-9(14-12-8)10(2,3)4/h5-6H2,1-4H3. The topological polar surface area (TPSA) is 56.0 Å². The predicted molar refractivity (Wildman–Crippen MR) is 52.2 cm³/mol. The number of carbonyl (C=O) groups excluding carboxylic acids is 1. The zero-order valence-electron chi connectivity index (χ0n) is 9.13. The maximum absolute atomic E-state index is 11.4. The van der Waals surface area contributed by atoms with Crippen LogP contribution in [0.4, 0.5) is 0 Å². The Morgan fingerprint density at radius 2 is 2.07 bits per heavy atom. The number of ketones is 1. The minimum Gasteiger partial charge on any atom is -0.338 e. The Kier molecular flexibility index (Phi) is 3.03. The average molecular weight is 196 g/mol. The van der Waals surface area contributed by atoms with Crippen LogP contribution in [0.2, 0.25) is 0 Å². The largest absolute Gasteiger partial charge is 0.338 e. The summed E-state index contributed by atoms with van der Waals surface area (Å²) in [7, 11) is 0. The summed E-state index contributed by atoms with van der Waals surface area (Å²) < 4.78 is 5.01. The van der Waals surface area contributed by atoms with Gasteiger partial charge in [0.1, 0.15) is 0 Å². The van der Waals surface area contributed by atoms with Crippen LogP contribution in [0.3, 0.4) is 0 Å². The molecule has 14 heavy (non-hydrogen) atoms. The van der Waals surface area contributed by atoms with E-state index < -0.39 is 0 Å². The van der Waals surface area contributed by atoms with Crippen LogP contribution >= 0.6 is 0 Å². The number of carbonyl (C=O) groups is 1. The second-order valence-electron chi connectivity index (χ2n) is 4.35. The molecular formula is C10H16N2O2. The van der Waals surface area contributed by atoms with E-state index in [1.54, 1.807) is 0 Å². The van der Waals surface area contributed by atoms with Crippen LogP contribution in [0.25, 0.3) is 0 Å². The van der Waals surface area contributed by atoms with E-state index in [-0.39, 0.29) is 17.0 Å². The molecule has 0 fully saturated rings. The van der Waals surface area contributed by atoms with E-state index in [0.717, 1.165) is 6.42 Å². The zero-order chi connectivity index (χ0) is 10.8. The SMILES string of the molecule is CCCC(=O)c1noc(C(C)(C)C)n1. The van der Waals surface area contributed by atoms with Gasteiger partial charge in [-0.15, -0.1) is 0 Å². The van der Waals surface area contributed by atoms with Crippen molar-refractivity contribution in [2.75, 3.05) is 0 Å². The first-order chi connectivity index (χ1) is 6.45. The van der Waals surface area contributed by atoms with Gasteiger partial charge in [0, 0.05) is 11.8 Å². The van der Waals surface area contributed by atoms with Gasteiger partial charge in [0.05, 0.1) is 0 Å². The molecule has 0 aliphatic rings. The van der Waals surface area contributed by atoms with Gasteiger partial charge >= 0.3 is 0 Å². The van der Waals surface area contributed by atoms with E-state index in [0.29, 0.717) is 12.3 Å². The molecule has 0 radical (unpaired) electrons. The highest BCUT2D eigenvalue weighted by Gasteiger charge is 2.23. The third-order valence-electron chi connectivity index (χ3n) is 1.79. The molecular weight excluding hydrogens is 180 g/mol. The molecule has 4 nitrogen and oxygen atoms in total. The first-order valence-electron chi connectivity index (χ1n) is 4.82. The third kappa shape index (κ3) is 2.40. The van der Waals surface area contributed by atoms with Crippen LogP contribution in [0.5, 0.6) is 0 Å². The predicted octanol–water partition coefficient (Wildman–Crippen LogP) is 2.35. The van der Waals surface area contributed by atoms with Gasteiger partial charge < -0.3 is 4.52 Å². The second-order valence-corrected chi connectivity index (χ2v) is 4.35. The molecule has 0 saturated carbocycles. The van der Waals surface area contributed by atoms with Gasteiger partial charge in [0.15, 0.2) is 0 Å². The molecule has 0 aliphatic carbocycles. The lowest BCUT2D eigenvalue weighted by atomic mass is 9.97. The highest BCUT2D eigenvalue weighted by molar-refractivity contribution is 5.92. The highest BCUT2D eigenvalue weighted by atomic mass is 16.5. The molecule has 0 saturated heterocycles. The van der Waals surface area contributed by atoms with Crippen molar-refractivity contribution in [1.29, 1.82) is 0 Å². The smallest absolute Gasteiger partial charge is 0.238 e. The molecule has 1 aromatic heterocycles. The summed E-state index contributed by atoms with van der Waals surface area (Å²) >= 11 is 0. The summed E-state index contributed by atoms with van der Waals surface area (Å²) in [6.45, 7) is 7.85. The van der Waals surface area contributed by atoms with E-state index in [9.17, 15) is 4.79 Å². The molecule has 0 N–H and O–H groups in total. The molecule has 1 rings (SSSR count). The second kappa shape index (κ2) is 3.90. The highest BCUT2D eigenvalue weighted by Crippen LogP contribution is 2.19. The molecule has 4 heteroatoms. The Labute approximate surface area is 83.7 Å². The molecule has 0 amide bonds. The minimum absolute atomic E-state index is 0.0493. The zero-order valence-corrected chi connectivity index (χ0v) is 9.13. The van der Waals surface area contributed by atoms with Crippen molar-refractivity contribution in [3.8, 4) is 0 Å². The van der Waals surface area contributed by atoms with Crippen molar-refractivity contribution < 1.29 is 9.32 Å². The molecule has 78 valence electrons. The van der Waals surface area contributed by atoms with E-state index in [1.165, 1.54) is 0 Å². The molecule has 1 aromatic rings. The van der Waals surface area contributed by atoms with Gasteiger partial charge in [0.25, 0.3) is 0 Å². The summed E-state index contributed by atoms with van der Waals surface area (Å²) in [5.41, 5.74) is -0.197. The van der Waals surface area contributed by atoms with Crippen molar-refractivity contribution in [2.24, 2.45) is 0 Å². The van der Waals surface area contributed by atoms with E-state index in [4.69, 9.17) is 4.52 Å². The Bertz CT molecular complexity index is 323. The van der Waals surface area contributed by atoms with Gasteiger partial charge in [-0.1, -0.05) is 32.9 Å². The maximum Gasteiger partial charge on any atom is 0.238 e. The van der Waals surface area contributed by atoms with Crippen molar-refractivity contribution in [1.82, 2.24) is 10.1 Å². The quantitative estimate of drug-likeness (QED) is 0.696. The average Bonchev–Trinajstić information content (AvgIpc) is 2.51. The summed E-state index contributed by atoms with van der Waals surface area (Å²) in [5, 5.41) is 3.67. The van der Waals surface area contributed by atoms with Gasteiger partial charge in [-0.2, -0.15) is 4.98 Å². The van der Waals surface area contributed by atoms with Crippen molar-refractivity contribution >= 4 is 5.78 Å². The number of aromatic nitrogens is 2. The first kappa shape index (κ1) is 10.9. The van der Waals surface area contributed by atoms with Crippen LogP contribution in [-0.4, -0.2) is 15.9 Å². The number of hydrogen-bond donors (Lipinski definition) is 0. The van der Waals surface area contributed by atoms with Crippen LogP contribution in [0.1, 0.15) is 57.0 Å². The summed E-state index contributed by atoms with van der Waals surface area (Å²) in [5.74, 6) is 0.667. The van der Waals surface area contributed by atoms with Crippen LogP contribution in [0, 0.1) is 0 Å². The summed E-state index contributed by atoms with van der Waals surface area (Å²) in [4.78, 5) is 15.5. The molecule has 1 heterocycles. The van der Waals surface area contributed by atoms with E-state index in [1.807, 2.05) is 27.7 Å². The fourth-order valence-corrected chi connectivity index (χ4v) is 0.980. The fourth-order valence-electron chi connectivity index (χ4n) is 0.980. The van der Waals surface area contributed by atoms with Crippen LogP contribution in [-0.2, 0) is 5.41 Å². The lowest BCUT2D eigenvalue weighted by Crippen LogP contribution is -2.12. The fraction of sp³-hybridized carbons (Fsp3) is 0.700. The number of rotatable bonds is 3. The Morgan fingerprint density at radius 1 is 1.43 bits per heavy atom. The Morgan fingerprint density at radius 3 is 2.50 bits per heavy atom. The molecule has 0 aromatic carbocycles. The van der Waals surface area contributed by atoms with E-state index >= 15 is 0 Å². The van der Waals surface area contributed by atoms with Crippen molar-refractivity contribution in [3.05, 3.63) is 11.7 Å². The van der Waals surface area contributed by atoms with Gasteiger partial charge in [-0.05, 0) is 6.42 Å².